The summed E-state index contributed by atoms with van der Waals surface area (Å²) >= 11 is 0. The van der Waals surface area contributed by atoms with E-state index in [2.05, 4.69) is 17.2 Å². The molecular weight excluding hydrogens is 190 g/mol. The predicted molar refractivity (Wildman–Crippen MR) is 56.5 cm³/mol. The average molecular weight is 201 g/mol. The molecule has 1 unspecified atom stereocenters. The number of hydrazone groups is 1. The number of nitrogens with zero attached hydrogens (tertiary/aromatic N) is 2. The second-order valence-electron chi connectivity index (χ2n) is 3.96. The van der Waals surface area contributed by atoms with Crippen molar-refractivity contribution in [3.8, 4) is 0 Å². The topological polar surface area (TPSA) is 58.7 Å². The summed E-state index contributed by atoms with van der Waals surface area (Å²) in [5.74, 6) is 0.342. The Balaban J connectivity index is 2.04. The van der Waals surface area contributed by atoms with Crippen molar-refractivity contribution < 1.29 is 4.79 Å². The van der Waals surface area contributed by atoms with Crippen LogP contribution in [-0.4, -0.2) is 23.3 Å². The number of nitrogens with two attached hydrogens (primary N) is 1. The van der Waals surface area contributed by atoms with Gasteiger partial charge in [0.2, 0.25) is 0 Å². The number of primary amides is 1. The first kappa shape index (κ1) is 8.47. The molecule has 0 aromatic heterocycles. The van der Waals surface area contributed by atoms with Crippen molar-refractivity contribution in [2.75, 3.05) is 6.54 Å². The van der Waals surface area contributed by atoms with Crippen LogP contribution in [0.15, 0.2) is 29.4 Å². The standard InChI is InChI=1S/C11H11N3O/c12-11(15)14-6-8-5-7-3-1-2-4-9(7)10(8)13-14/h1-4,8H,5-6H2,(H2,12,15). The molecule has 4 nitrogen and oxygen atoms in total. The fourth-order valence-electron chi connectivity index (χ4n) is 2.34. The SMILES string of the molecule is NC(=O)N1CC2Cc3ccccc3C2=N1. The number of rotatable bonds is 0. The number of benzene rings is 1. The second kappa shape index (κ2) is 2.82. The first-order chi connectivity index (χ1) is 7.25. The van der Waals surface area contributed by atoms with Crippen molar-refractivity contribution in [1.29, 1.82) is 0 Å². The molecule has 1 heterocycles. The average Bonchev–Trinajstić information content (AvgIpc) is 2.73. The number of hydrogen-bond donors (Lipinski definition) is 1. The van der Waals surface area contributed by atoms with Gasteiger partial charge >= 0.3 is 6.03 Å². The Kier molecular flexibility index (Phi) is 1.59. The summed E-state index contributed by atoms with van der Waals surface area (Å²) in [6, 6.07) is 7.74. The van der Waals surface area contributed by atoms with Gasteiger partial charge in [-0.3, -0.25) is 0 Å². The molecule has 0 fully saturated rings. The number of carbonyl (C=O) groups is 1. The van der Waals surface area contributed by atoms with Gasteiger partial charge in [-0.25, -0.2) is 9.80 Å². The van der Waals surface area contributed by atoms with E-state index in [1.807, 2.05) is 12.1 Å². The zero-order chi connectivity index (χ0) is 10.4. The van der Waals surface area contributed by atoms with Gasteiger partial charge in [0.1, 0.15) is 0 Å². The first-order valence-electron chi connectivity index (χ1n) is 4.99. The quantitative estimate of drug-likeness (QED) is 0.667. The maximum atomic E-state index is 11.0. The minimum absolute atomic E-state index is 0.342. The van der Waals surface area contributed by atoms with Crippen LogP contribution in [0.3, 0.4) is 0 Å². The van der Waals surface area contributed by atoms with E-state index in [9.17, 15) is 4.79 Å². The third kappa shape index (κ3) is 1.14. The normalized spacial score (nSPS) is 22.3. The van der Waals surface area contributed by atoms with E-state index in [4.69, 9.17) is 5.73 Å². The zero-order valence-corrected chi connectivity index (χ0v) is 8.18. The van der Waals surface area contributed by atoms with Crippen LogP contribution in [0.1, 0.15) is 11.1 Å². The second-order valence-corrected chi connectivity index (χ2v) is 3.96. The van der Waals surface area contributed by atoms with Gasteiger partial charge in [0.25, 0.3) is 0 Å². The van der Waals surface area contributed by atoms with E-state index >= 15 is 0 Å². The van der Waals surface area contributed by atoms with Crippen molar-refractivity contribution in [2.45, 2.75) is 6.42 Å². The van der Waals surface area contributed by atoms with Crippen LogP contribution in [0.5, 0.6) is 0 Å². The molecule has 0 saturated heterocycles. The summed E-state index contributed by atoms with van der Waals surface area (Å²) in [7, 11) is 0. The minimum Gasteiger partial charge on any atom is -0.350 e. The van der Waals surface area contributed by atoms with Crippen molar-refractivity contribution in [2.24, 2.45) is 16.8 Å². The summed E-state index contributed by atoms with van der Waals surface area (Å²) in [5.41, 5.74) is 8.72. The Labute approximate surface area is 87.4 Å². The van der Waals surface area contributed by atoms with E-state index in [0.717, 1.165) is 12.1 Å². The van der Waals surface area contributed by atoms with Crippen LogP contribution in [0.25, 0.3) is 0 Å². The van der Waals surface area contributed by atoms with Gasteiger partial charge in [-0.2, -0.15) is 5.10 Å². The van der Waals surface area contributed by atoms with E-state index in [-0.39, 0.29) is 0 Å². The Morgan fingerprint density at radius 3 is 3.07 bits per heavy atom. The molecule has 1 aromatic carbocycles. The van der Waals surface area contributed by atoms with E-state index in [0.29, 0.717) is 12.5 Å². The molecule has 1 aliphatic heterocycles. The molecule has 3 rings (SSSR count). The molecule has 2 N–H and O–H groups in total. The van der Waals surface area contributed by atoms with Crippen LogP contribution in [-0.2, 0) is 6.42 Å². The summed E-state index contributed by atoms with van der Waals surface area (Å²) in [5, 5.41) is 5.62. The lowest BCUT2D eigenvalue weighted by molar-refractivity contribution is 0.211. The van der Waals surface area contributed by atoms with Crippen molar-refractivity contribution in [3.05, 3.63) is 35.4 Å². The monoisotopic (exact) mass is 201 g/mol. The molecule has 0 bridgehead atoms. The molecule has 0 spiro atoms. The highest BCUT2D eigenvalue weighted by Crippen LogP contribution is 2.31. The zero-order valence-electron chi connectivity index (χ0n) is 8.18. The molecule has 2 amide bonds. The lowest BCUT2D eigenvalue weighted by Crippen LogP contribution is -2.31. The molecular formula is C11H11N3O. The van der Waals surface area contributed by atoms with Crippen LogP contribution < -0.4 is 5.73 Å². The number of fused-ring (bicyclic) bond motifs is 3. The Morgan fingerprint density at radius 1 is 1.47 bits per heavy atom. The smallest absolute Gasteiger partial charge is 0.335 e. The predicted octanol–water partition coefficient (Wildman–Crippen LogP) is 0.957. The van der Waals surface area contributed by atoms with Crippen LogP contribution >= 0.6 is 0 Å². The number of hydrogen-bond acceptors (Lipinski definition) is 2. The summed E-state index contributed by atoms with van der Waals surface area (Å²) in [6.07, 6.45) is 0.971. The van der Waals surface area contributed by atoms with Gasteiger partial charge in [-0.05, 0) is 12.0 Å². The highest BCUT2D eigenvalue weighted by atomic mass is 16.2. The highest BCUT2D eigenvalue weighted by Gasteiger charge is 2.35. The molecule has 15 heavy (non-hydrogen) atoms. The van der Waals surface area contributed by atoms with Gasteiger partial charge in [-0.15, -0.1) is 0 Å². The number of carbonyl (C=O) groups excluding carboxylic acids is 1. The molecule has 0 radical (unpaired) electrons. The molecule has 1 aromatic rings. The minimum atomic E-state index is -0.464. The van der Waals surface area contributed by atoms with Crippen molar-refractivity contribution in [1.82, 2.24) is 5.01 Å². The van der Waals surface area contributed by atoms with Crippen LogP contribution in [0, 0.1) is 5.92 Å². The van der Waals surface area contributed by atoms with Gasteiger partial charge < -0.3 is 5.73 Å². The first-order valence-corrected chi connectivity index (χ1v) is 4.99. The summed E-state index contributed by atoms with van der Waals surface area (Å²) in [6.45, 7) is 0.624. The van der Waals surface area contributed by atoms with Gasteiger partial charge in [0.15, 0.2) is 0 Å². The van der Waals surface area contributed by atoms with E-state index in [1.54, 1.807) is 0 Å². The van der Waals surface area contributed by atoms with E-state index < -0.39 is 6.03 Å². The van der Waals surface area contributed by atoms with Gasteiger partial charge in [0.05, 0.1) is 12.3 Å². The lowest BCUT2D eigenvalue weighted by Gasteiger charge is -2.09. The third-order valence-electron chi connectivity index (χ3n) is 3.02. The maximum Gasteiger partial charge on any atom is 0.335 e. The Morgan fingerprint density at radius 2 is 2.27 bits per heavy atom. The van der Waals surface area contributed by atoms with Gasteiger partial charge in [0, 0.05) is 11.5 Å². The number of amides is 2. The fourth-order valence-corrected chi connectivity index (χ4v) is 2.34. The van der Waals surface area contributed by atoms with Crippen LogP contribution in [0.4, 0.5) is 4.79 Å². The summed E-state index contributed by atoms with van der Waals surface area (Å²) < 4.78 is 0. The number of urea groups is 1. The fraction of sp³-hybridized carbons (Fsp3) is 0.273. The lowest BCUT2D eigenvalue weighted by atomic mass is 10.1. The summed E-state index contributed by atoms with van der Waals surface area (Å²) in [4.78, 5) is 11.0. The largest absolute Gasteiger partial charge is 0.350 e. The van der Waals surface area contributed by atoms with E-state index in [1.165, 1.54) is 16.1 Å². The maximum absolute atomic E-state index is 11.0. The van der Waals surface area contributed by atoms with Crippen molar-refractivity contribution in [3.63, 3.8) is 0 Å². The molecule has 0 saturated carbocycles. The van der Waals surface area contributed by atoms with Crippen molar-refractivity contribution >= 4 is 11.7 Å². The van der Waals surface area contributed by atoms with Crippen LogP contribution in [0.2, 0.25) is 0 Å². The Bertz CT molecular complexity index is 467. The molecule has 1 atom stereocenters. The van der Waals surface area contributed by atoms with Gasteiger partial charge in [-0.1, -0.05) is 24.3 Å². The molecule has 2 aliphatic rings. The highest BCUT2D eigenvalue weighted by molar-refractivity contribution is 6.07. The molecule has 4 heteroatoms. The molecule has 1 aliphatic carbocycles. The third-order valence-corrected chi connectivity index (χ3v) is 3.02. The Hall–Kier alpha value is -1.84. The molecule has 76 valence electrons.